The van der Waals surface area contributed by atoms with Crippen molar-refractivity contribution in [2.45, 2.75) is 19.4 Å². The van der Waals surface area contributed by atoms with Crippen molar-refractivity contribution in [3.8, 4) is 11.1 Å². The summed E-state index contributed by atoms with van der Waals surface area (Å²) in [4.78, 5) is 11.7. The normalized spacial score (nSPS) is 11.8. The van der Waals surface area contributed by atoms with Gasteiger partial charge < -0.3 is 15.2 Å². The van der Waals surface area contributed by atoms with Crippen molar-refractivity contribution >= 4 is 5.97 Å². The highest BCUT2D eigenvalue weighted by Gasteiger charge is 2.07. The molecule has 1 atom stereocenters. The van der Waals surface area contributed by atoms with E-state index in [9.17, 15) is 9.90 Å². The minimum Gasteiger partial charge on any atom is -0.462 e. The second kappa shape index (κ2) is 10.6. The molecule has 0 aliphatic carbocycles. The number of benzene rings is 3. The predicted molar refractivity (Wildman–Crippen MR) is 116 cm³/mol. The second-order valence-electron chi connectivity index (χ2n) is 6.88. The number of aliphatic hydroxyl groups is 1. The monoisotopic (exact) mass is 389 g/mol. The Labute approximate surface area is 172 Å². The van der Waals surface area contributed by atoms with Crippen LogP contribution in [-0.4, -0.2) is 30.8 Å². The molecule has 4 heteroatoms. The van der Waals surface area contributed by atoms with Gasteiger partial charge in [0.1, 0.15) is 0 Å². The van der Waals surface area contributed by atoms with Crippen LogP contribution in [0.5, 0.6) is 0 Å². The minimum absolute atomic E-state index is 0.292. The molecular weight excluding hydrogens is 362 g/mol. The van der Waals surface area contributed by atoms with Gasteiger partial charge in [-0.15, -0.1) is 0 Å². The Bertz CT molecular complexity index is 890. The third kappa shape index (κ3) is 6.01. The van der Waals surface area contributed by atoms with Gasteiger partial charge in [-0.1, -0.05) is 66.7 Å². The first-order valence-corrected chi connectivity index (χ1v) is 9.97. The van der Waals surface area contributed by atoms with Crippen LogP contribution in [0.25, 0.3) is 11.1 Å². The lowest BCUT2D eigenvalue weighted by Crippen LogP contribution is -2.23. The molecule has 150 valence electrons. The zero-order valence-electron chi connectivity index (χ0n) is 16.7. The maximum Gasteiger partial charge on any atom is 0.338 e. The maximum atomic E-state index is 11.7. The lowest BCUT2D eigenvalue weighted by Gasteiger charge is -2.12. The zero-order chi connectivity index (χ0) is 20.5. The van der Waals surface area contributed by atoms with Crippen LogP contribution < -0.4 is 5.32 Å². The molecule has 0 spiro atoms. The smallest absolute Gasteiger partial charge is 0.338 e. The van der Waals surface area contributed by atoms with E-state index < -0.39 is 6.10 Å². The maximum absolute atomic E-state index is 11.7. The average molecular weight is 389 g/mol. The van der Waals surface area contributed by atoms with Crippen LogP contribution in [0, 0.1) is 0 Å². The van der Waals surface area contributed by atoms with Gasteiger partial charge in [0.2, 0.25) is 0 Å². The van der Waals surface area contributed by atoms with Crippen LogP contribution in [0.15, 0.2) is 78.9 Å². The molecule has 0 aliphatic rings. The number of esters is 1. The Balaban J connectivity index is 1.48. The average Bonchev–Trinajstić information content (AvgIpc) is 2.78. The van der Waals surface area contributed by atoms with Crippen LogP contribution in [0.2, 0.25) is 0 Å². The topological polar surface area (TPSA) is 58.6 Å². The Morgan fingerprint density at radius 1 is 0.931 bits per heavy atom. The van der Waals surface area contributed by atoms with Crippen LogP contribution in [0.3, 0.4) is 0 Å². The second-order valence-corrected chi connectivity index (χ2v) is 6.88. The Morgan fingerprint density at radius 2 is 1.55 bits per heavy atom. The van der Waals surface area contributed by atoms with Gasteiger partial charge in [-0.3, -0.25) is 0 Å². The fourth-order valence-corrected chi connectivity index (χ4v) is 3.14. The van der Waals surface area contributed by atoms with Gasteiger partial charge >= 0.3 is 5.97 Å². The van der Waals surface area contributed by atoms with Crippen LogP contribution in [0.1, 0.15) is 34.5 Å². The van der Waals surface area contributed by atoms with E-state index in [0.717, 1.165) is 29.7 Å². The van der Waals surface area contributed by atoms with E-state index in [-0.39, 0.29) is 5.97 Å². The quantitative estimate of drug-likeness (QED) is 0.421. The first-order chi connectivity index (χ1) is 14.2. The van der Waals surface area contributed by atoms with Crippen LogP contribution in [0.4, 0.5) is 0 Å². The first kappa shape index (κ1) is 20.8. The van der Waals surface area contributed by atoms with E-state index in [1.165, 1.54) is 5.56 Å². The summed E-state index contributed by atoms with van der Waals surface area (Å²) < 4.78 is 5.02. The molecule has 3 aromatic rings. The Hall–Kier alpha value is -2.95. The number of carbonyl (C=O) groups is 1. The van der Waals surface area contributed by atoms with E-state index in [2.05, 4.69) is 29.6 Å². The zero-order valence-corrected chi connectivity index (χ0v) is 16.7. The number of hydrogen-bond acceptors (Lipinski definition) is 4. The molecule has 0 aliphatic heterocycles. The van der Waals surface area contributed by atoms with Crippen molar-refractivity contribution in [2.24, 2.45) is 0 Å². The third-order valence-electron chi connectivity index (χ3n) is 4.80. The number of hydrogen-bond donors (Lipinski definition) is 2. The fourth-order valence-electron chi connectivity index (χ4n) is 3.14. The van der Waals surface area contributed by atoms with E-state index in [0.29, 0.717) is 18.7 Å². The van der Waals surface area contributed by atoms with Gasteiger partial charge in [0.25, 0.3) is 0 Å². The van der Waals surface area contributed by atoms with E-state index >= 15 is 0 Å². The number of nitrogens with one attached hydrogen (secondary N) is 1. The summed E-state index contributed by atoms with van der Waals surface area (Å²) in [5, 5.41) is 13.5. The highest BCUT2D eigenvalue weighted by Crippen LogP contribution is 2.21. The van der Waals surface area contributed by atoms with Crippen molar-refractivity contribution in [2.75, 3.05) is 19.7 Å². The van der Waals surface area contributed by atoms with Crippen molar-refractivity contribution in [1.29, 1.82) is 0 Å². The van der Waals surface area contributed by atoms with Crippen LogP contribution >= 0.6 is 0 Å². The molecule has 0 fully saturated rings. The summed E-state index contributed by atoms with van der Waals surface area (Å²) in [6.45, 7) is 3.52. The van der Waals surface area contributed by atoms with Crippen LogP contribution in [-0.2, 0) is 11.2 Å². The molecule has 0 saturated heterocycles. The van der Waals surface area contributed by atoms with Gasteiger partial charge in [-0.25, -0.2) is 4.79 Å². The van der Waals surface area contributed by atoms with Gasteiger partial charge in [0, 0.05) is 6.54 Å². The molecule has 2 N–H and O–H groups in total. The number of aliphatic hydroxyl groups excluding tert-OH is 1. The summed E-state index contributed by atoms with van der Waals surface area (Å²) >= 11 is 0. The van der Waals surface area contributed by atoms with E-state index in [1.54, 1.807) is 19.1 Å². The highest BCUT2D eigenvalue weighted by molar-refractivity contribution is 5.90. The molecule has 3 aromatic carbocycles. The summed E-state index contributed by atoms with van der Waals surface area (Å²) in [5.74, 6) is -0.292. The molecule has 0 radical (unpaired) electrons. The SMILES string of the molecule is CCOC(=O)c1ccc(-c2ccc(CCNCC(O)c3ccccc3)cc2)cc1. The molecule has 0 bridgehead atoms. The Kier molecular flexibility index (Phi) is 7.56. The van der Waals surface area contributed by atoms with Gasteiger partial charge in [0.15, 0.2) is 0 Å². The molecular formula is C25H27NO3. The van der Waals surface area contributed by atoms with Crippen molar-refractivity contribution < 1.29 is 14.6 Å². The summed E-state index contributed by atoms with van der Waals surface area (Å²) in [5.41, 5.74) is 4.90. The summed E-state index contributed by atoms with van der Waals surface area (Å²) in [7, 11) is 0. The minimum atomic E-state index is -0.490. The standard InChI is InChI=1S/C25H27NO3/c1-2-29-25(28)23-14-12-21(13-15-23)20-10-8-19(9-11-20)16-17-26-18-24(27)22-6-4-3-5-7-22/h3-15,24,26-27H,2,16-18H2,1H3. The highest BCUT2D eigenvalue weighted by atomic mass is 16.5. The number of rotatable bonds is 9. The molecule has 0 aromatic heterocycles. The molecule has 0 amide bonds. The summed E-state index contributed by atoms with van der Waals surface area (Å²) in [6, 6.07) is 25.6. The molecule has 0 saturated carbocycles. The van der Waals surface area contributed by atoms with Gasteiger partial charge in [-0.2, -0.15) is 0 Å². The molecule has 1 unspecified atom stereocenters. The first-order valence-electron chi connectivity index (χ1n) is 9.97. The summed E-state index contributed by atoms with van der Waals surface area (Å²) in [6.07, 6.45) is 0.403. The van der Waals surface area contributed by atoms with Gasteiger partial charge in [0.05, 0.1) is 18.3 Å². The fraction of sp³-hybridized carbons (Fsp3) is 0.240. The van der Waals surface area contributed by atoms with E-state index in [4.69, 9.17) is 4.74 Å². The molecule has 0 heterocycles. The lowest BCUT2D eigenvalue weighted by atomic mass is 10.0. The molecule has 29 heavy (non-hydrogen) atoms. The van der Waals surface area contributed by atoms with Gasteiger partial charge in [-0.05, 0) is 54.3 Å². The van der Waals surface area contributed by atoms with E-state index in [1.807, 2.05) is 42.5 Å². The predicted octanol–water partition coefficient (Wildman–Crippen LogP) is 4.40. The third-order valence-corrected chi connectivity index (χ3v) is 4.80. The lowest BCUT2D eigenvalue weighted by molar-refractivity contribution is 0.0526. The molecule has 4 nitrogen and oxygen atoms in total. The van der Waals surface area contributed by atoms with Crippen molar-refractivity contribution in [1.82, 2.24) is 5.32 Å². The molecule has 3 rings (SSSR count). The van der Waals surface area contributed by atoms with Crippen molar-refractivity contribution in [3.05, 3.63) is 95.6 Å². The number of carbonyl (C=O) groups excluding carboxylic acids is 1. The number of ether oxygens (including phenoxy) is 1. The Morgan fingerprint density at radius 3 is 2.17 bits per heavy atom. The largest absolute Gasteiger partial charge is 0.462 e. The van der Waals surface area contributed by atoms with Crippen molar-refractivity contribution in [3.63, 3.8) is 0 Å².